The van der Waals surface area contributed by atoms with E-state index in [9.17, 15) is 31.1 Å². The van der Waals surface area contributed by atoms with E-state index in [2.05, 4.69) is 4.74 Å². The molecule has 0 aromatic heterocycles. The van der Waals surface area contributed by atoms with Crippen molar-refractivity contribution in [2.45, 2.75) is 24.6 Å². The molecule has 1 aromatic rings. The topological polar surface area (TPSA) is 35.5 Å². The molecule has 1 heterocycles. The summed E-state index contributed by atoms with van der Waals surface area (Å²) in [6.07, 6.45) is -11.3. The molecule has 0 N–H and O–H groups in total. The lowest BCUT2D eigenvalue weighted by molar-refractivity contribution is -0.385. The minimum Gasteiger partial charge on any atom is -0.496 e. The molecule has 0 bridgehead atoms. The van der Waals surface area contributed by atoms with Crippen molar-refractivity contribution in [3.63, 3.8) is 0 Å². The van der Waals surface area contributed by atoms with Gasteiger partial charge in [0, 0.05) is 5.56 Å². The maximum Gasteiger partial charge on any atom is 0.430 e. The number of aldehydes is 1. The average Bonchev–Trinajstić information content (AvgIpc) is 2.75. The van der Waals surface area contributed by atoms with Crippen LogP contribution in [-0.2, 0) is 16.9 Å². The second-order valence-electron chi connectivity index (χ2n) is 4.33. The molecule has 3 nitrogen and oxygen atoms in total. The van der Waals surface area contributed by atoms with Gasteiger partial charge in [-0.3, -0.25) is 4.79 Å². The monoisotopic (exact) mass is 314 g/mol. The van der Waals surface area contributed by atoms with Crippen molar-refractivity contribution < 1.29 is 40.6 Å². The van der Waals surface area contributed by atoms with Gasteiger partial charge in [0.15, 0.2) is 6.29 Å². The normalized spacial score (nSPS) is 17.5. The molecule has 0 spiro atoms. The van der Waals surface area contributed by atoms with Crippen LogP contribution in [0.25, 0.3) is 0 Å². The summed E-state index contributed by atoms with van der Waals surface area (Å²) in [4.78, 5) is 10.8. The number of rotatable bonds is 2. The molecule has 1 aliphatic heterocycles. The minimum absolute atomic E-state index is 0.118. The van der Waals surface area contributed by atoms with E-state index in [1.807, 2.05) is 0 Å². The lowest BCUT2D eigenvalue weighted by atomic mass is 9.89. The first-order chi connectivity index (χ1) is 9.58. The minimum atomic E-state index is -5.72. The van der Waals surface area contributed by atoms with Crippen molar-refractivity contribution in [3.8, 4) is 5.75 Å². The molecule has 0 aliphatic carbocycles. The highest BCUT2D eigenvalue weighted by Crippen LogP contribution is 2.57. The Morgan fingerprint density at radius 3 is 2.19 bits per heavy atom. The largest absolute Gasteiger partial charge is 0.496 e. The second kappa shape index (κ2) is 4.62. The Kier molecular flexibility index (Phi) is 3.43. The predicted octanol–water partition coefficient (Wildman–Crippen LogP) is 3.36. The van der Waals surface area contributed by atoms with Crippen LogP contribution < -0.4 is 4.74 Å². The lowest BCUT2D eigenvalue weighted by Gasteiger charge is -2.33. The lowest BCUT2D eigenvalue weighted by Crippen LogP contribution is -2.53. The van der Waals surface area contributed by atoms with E-state index in [1.165, 1.54) is 0 Å². The van der Waals surface area contributed by atoms with Crippen molar-refractivity contribution in [2.75, 3.05) is 7.11 Å². The Balaban J connectivity index is 2.76. The van der Waals surface area contributed by atoms with Crippen molar-refractivity contribution >= 4 is 6.29 Å². The number of halogens is 6. The van der Waals surface area contributed by atoms with Gasteiger partial charge >= 0.3 is 12.4 Å². The molecule has 116 valence electrons. The molecule has 1 aromatic carbocycles. The molecular formula is C12H8F6O3. The maximum atomic E-state index is 13.0. The van der Waals surface area contributed by atoms with Gasteiger partial charge < -0.3 is 9.47 Å². The summed E-state index contributed by atoms with van der Waals surface area (Å²) in [6, 6.07) is 1.45. The highest BCUT2D eigenvalue weighted by molar-refractivity contribution is 5.80. The van der Waals surface area contributed by atoms with Gasteiger partial charge in [-0.15, -0.1) is 0 Å². The predicted molar refractivity (Wildman–Crippen MR) is 57.0 cm³/mol. The zero-order valence-electron chi connectivity index (χ0n) is 10.4. The molecule has 9 heteroatoms. The van der Waals surface area contributed by atoms with Gasteiger partial charge in [-0.2, -0.15) is 26.3 Å². The smallest absolute Gasteiger partial charge is 0.430 e. The molecule has 0 amide bonds. The number of carbonyl (C=O) groups excluding carboxylic acids is 1. The highest BCUT2D eigenvalue weighted by atomic mass is 19.4. The van der Waals surface area contributed by atoms with Crippen molar-refractivity contribution in [3.05, 3.63) is 28.8 Å². The molecular weight excluding hydrogens is 306 g/mol. The second-order valence-corrected chi connectivity index (χ2v) is 4.33. The summed E-state index contributed by atoms with van der Waals surface area (Å²) >= 11 is 0. The molecule has 0 fully saturated rings. The number of hydrogen-bond acceptors (Lipinski definition) is 3. The van der Waals surface area contributed by atoms with Gasteiger partial charge in [0.1, 0.15) is 5.75 Å². The fourth-order valence-corrected chi connectivity index (χ4v) is 2.25. The quantitative estimate of drug-likeness (QED) is 0.620. The molecule has 1 aliphatic rings. The van der Waals surface area contributed by atoms with E-state index < -0.39 is 35.7 Å². The van der Waals surface area contributed by atoms with E-state index in [4.69, 9.17) is 4.74 Å². The highest BCUT2D eigenvalue weighted by Gasteiger charge is 2.75. The van der Waals surface area contributed by atoms with Crippen LogP contribution in [0.1, 0.15) is 21.5 Å². The summed E-state index contributed by atoms with van der Waals surface area (Å²) in [5.41, 5.74) is -6.31. The molecule has 2 rings (SSSR count). The SMILES string of the molecule is COc1cc2c(cc1C=O)C(C(F)(F)F)(C(F)(F)F)OC2. The van der Waals surface area contributed by atoms with Gasteiger partial charge in [0.2, 0.25) is 0 Å². The van der Waals surface area contributed by atoms with Crippen LogP contribution in [0.15, 0.2) is 12.1 Å². The number of methoxy groups -OCH3 is 1. The van der Waals surface area contributed by atoms with E-state index >= 15 is 0 Å². The van der Waals surface area contributed by atoms with Crippen molar-refractivity contribution in [1.29, 1.82) is 0 Å². The van der Waals surface area contributed by atoms with Crippen LogP contribution in [0.3, 0.4) is 0 Å². The number of hydrogen-bond donors (Lipinski definition) is 0. The number of alkyl halides is 6. The van der Waals surface area contributed by atoms with E-state index in [1.54, 1.807) is 0 Å². The van der Waals surface area contributed by atoms with Crippen LogP contribution in [-0.4, -0.2) is 25.7 Å². The van der Waals surface area contributed by atoms with Crippen LogP contribution in [0.2, 0.25) is 0 Å². The van der Waals surface area contributed by atoms with E-state index in [0.29, 0.717) is 6.07 Å². The Labute approximate surface area is 114 Å². The Morgan fingerprint density at radius 1 is 1.19 bits per heavy atom. The fourth-order valence-electron chi connectivity index (χ4n) is 2.25. The number of ether oxygens (including phenoxy) is 2. The van der Waals surface area contributed by atoms with Crippen LogP contribution in [0, 0.1) is 0 Å². The maximum absolute atomic E-state index is 13.0. The molecule has 0 unspecified atom stereocenters. The summed E-state index contributed by atoms with van der Waals surface area (Å²) in [5, 5.41) is 0. The van der Waals surface area contributed by atoms with Crippen LogP contribution in [0.4, 0.5) is 26.3 Å². The summed E-state index contributed by atoms with van der Waals surface area (Å²) in [7, 11) is 1.14. The standard InChI is InChI=1S/C12H8F6O3/c1-20-9-3-7-5-21-10(11(13,14)15,12(16,17)18)8(7)2-6(9)4-19/h2-4H,5H2,1H3. The van der Waals surface area contributed by atoms with Gasteiger partial charge in [-0.1, -0.05) is 0 Å². The zero-order chi connectivity index (χ0) is 16.1. The average molecular weight is 314 g/mol. The molecule has 0 saturated carbocycles. The first-order valence-electron chi connectivity index (χ1n) is 5.52. The van der Waals surface area contributed by atoms with Gasteiger partial charge in [0.25, 0.3) is 5.60 Å². The van der Waals surface area contributed by atoms with Gasteiger partial charge in [-0.25, -0.2) is 0 Å². The number of benzene rings is 1. The third-order valence-corrected chi connectivity index (χ3v) is 3.20. The van der Waals surface area contributed by atoms with Crippen molar-refractivity contribution in [2.24, 2.45) is 0 Å². The Bertz CT molecular complexity index is 562. The van der Waals surface area contributed by atoms with Crippen molar-refractivity contribution in [1.82, 2.24) is 0 Å². The summed E-state index contributed by atoms with van der Waals surface area (Å²) in [5.74, 6) is -0.118. The van der Waals surface area contributed by atoms with Gasteiger partial charge in [0.05, 0.1) is 19.3 Å². The van der Waals surface area contributed by atoms with Crippen LogP contribution in [0.5, 0.6) is 5.75 Å². The Morgan fingerprint density at radius 2 is 1.76 bits per heavy atom. The molecule has 0 atom stereocenters. The first kappa shape index (κ1) is 15.6. The summed E-state index contributed by atoms with van der Waals surface area (Å²) in [6.45, 7) is -0.885. The third-order valence-electron chi connectivity index (χ3n) is 3.20. The van der Waals surface area contributed by atoms with Gasteiger partial charge in [-0.05, 0) is 17.7 Å². The Hall–Kier alpha value is -1.77. The third kappa shape index (κ3) is 2.06. The van der Waals surface area contributed by atoms with E-state index in [0.717, 1.165) is 13.2 Å². The fraction of sp³-hybridized carbons (Fsp3) is 0.417. The number of fused-ring (bicyclic) bond motifs is 1. The first-order valence-corrected chi connectivity index (χ1v) is 5.52. The number of carbonyl (C=O) groups is 1. The zero-order valence-corrected chi connectivity index (χ0v) is 10.4. The van der Waals surface area contributed by atoms with Crippen LogP contribution >= 0.6 is 0 Å². The van der Waals surface area contributed by atoms with E-state index in [-0.39, 0.29) is 17.6 Å². The molecule has 21 heavy (non-hydrogen) atoms. The summed E-state index contributed by atoms with van der Waals surface area (Å²) < 4.78 is 87.1. The molecule has 0 radical (unpaired) electrons. The molecule has 0 saturated heterocycles.